The third kappa shape index (κ3) is 1.21. The van der Waals surface area contributed by atoms with Crippen LogP contribution in [0.1, 0.15) is 12.8 Å². The number of rotatable bonds is 3. The summed E-state index contributed by atoms with van der Waals surface area (Å²) in [6.07, 6.45) is 3.12. The van der Waals surface area contributed by atoms with Crippen LogP contribution in [0.25, 0.3) is 0 Å². The summed E-state index contributed by atoms with van der Waals surface area (Å²) in [5, 5.41) is 2.68. The lowest BCUT2D eigenvalue weighted by molar-refractivity contribution is -0.112. The number of carbonyl (C=O) groups excluding carboxylic acids is 1. The van der Waals surface area contributed by atoms with Crippen LogP contribution in [0.3, 0.4) is 0 Å². The van der Waals surface area contributed by atoms with E-state index in [1.165, 1.54) is 0 Å². The molecule has 0 aliphatic heterocycles. The lowest BCUT2D eigenvalue weighted by atomic mass is 9.89. The van der Waals surface area contributed by atoms with Crippen molar-refractivity contribution in [3.63, 3.8) is 0 Å². The summed E-state index contributed by atoms with van der Waals surface area (Å²) in [6.45, 7) is 0. The zero-order chi connectivity index (χ0) is 6.69. The molecule has 0 aromatic heterocycles. The first-order valence-electron chi connectivity index (χ1n) is 3.11. The molecule has 3 heteroatoms. The van der Waals surface area contributed by atoms with Gasteiger partial charge in [-0.05, 0) is 12.8 Å². The van der Waals surface area contributed by atoms with Crippen LogP contribution in [0.5, 0.6) is 0 Å². The average Bonchev–Trinajstić information content (AvgIpc) is 1.82. The second-order valence-corrected chi connectivity index (χ2v) is 2.24. The molecule has 0 aromatic rings. The number of nitrogens with one attached hydrogen (secondary N) is 1. The summed E-state index contributed by atoms with van der Waals surface area (Å²) < 4.78 is 5.03. The molecule has 9 heavy (non-hydrogen) atoms. The molecule has 1 amide bonds. The smallest absolute Gasteiger partial charge is 0.207 e. The number of hydrogen-bond acceptors (Lipinski definition) is 2. The second-order valence-electron chi connectivity index (χ2n) is 2.24. The Morgan fingerprint density at radius 2 is 2.44 bits per heavy atom. The highest BCUT2D eigenvalue weighted by Gasteiger charge is 2.29. The van der Waals surface area contributed by atoms with Gasteiger partial charge >= 0.3 is 0 Å². The van der Waals surface area contributed by atoms with Crippen LogP contribution in [0.15, 0.2) is 0 Å². The number of carbonyl (C=O) groups is 1. The van der Waals surface area contributed by atoms with E-state index in [0.717, 1.165) is 19.3 Å². The van der Waals surface area contributed by atoms with Crippen LogP contribution in [0.4, 0.5) is 0 Å². The number of amides is 1. The Bertz CT molecular complexity index is 103. The van der Waals surface area contributed by atoms with Gasteiger partial charge in [-0.25, -0.2) is 0 Å². The number of hydrogen-bond donors (Lipinski definition) is 1. The fourth-order valence-corrected chi connectivity index (χ4v) is 1.03. The van der Waals surface area contributed by atoms with Crippen molar-refractivity contribution in [2.75, 3.05) is 7.11 Å². The van der Waals surface area contributed by atoms with Gasteiger partial charge in [0, 0.05) is 7.11 Å². The molecule has 0 radical (unpaired) electrons. The van der Waals surface area contributed by atoms with E-state index < -0.39 is 0 Å². The molecule has 2 atom stereocenters. The molecule has 1 N–H and O–H groups in total. The van der Waals surface area contributed by atoms with Crippen molar-refractivity contribution >= 4 is 6.41 Å². The standard InChI is InChI=1S/C6H11NO2/c1-9-6-3-2-5(6)7-4-8/h4-6H,2-3H2,1H3,(H,7,8)/t5-,6-/m0/s1. The minimum atomic E-state index is 0.259. The van der Waals surface area contributed by atoms with E-state index in [4.69, 9.17) is 4.74 Å². The predicted octanol–water partition coefficient (Wildman–Crippen LogP) is -0.0902. The van der Waals surface area contributed by atoms with Gasteiger partial charge in [0.25, 0.3) is 0 Å². The van der Waals surface area contributed by atoms with E-state index in [1.54, 1.807) is 7.11 Å². The molecule has 0 unspecified atom stereocenters. The molecule has 3 nitrogen and oxygen atoms in total. The van der Waals surface area contributed by atoms with Crippen LogP contribution in [0.2, 0.25) is 0 Å². The Hall–Kier alpha value is -0.570. The van der Waals surface area contributed by atoms with Crippen LogP contribution >= 0.6 is 0 Å². The van der Waals surface area contributed by atoms with E-state index in [1.807, 2.05) is 0 Å². The summed E-state index contributed by atoms with van der Waals surface area (Å²) in [4.78, 5) is 9.90. The lowest BCUT2D eigenvalue weighted by Crippen LogP contribution is -2.48. The molecular formula is C6H11NO2. The molecule has 1 fully saturated rings. The molecule has 1 rings (SSSR count). The monoisotopic (exact) mass is 129 g/mol. The Kier molecular flexibility index (Phi) is 2.05. The molecule has 0 heterocycles. The van der Waals surface area contributed by atoms with Crippen LogP contribution < -0.4 is 5.32 Å². The van der Waals surface area contributed by atoms with Gasteiger partial charge in [0.15, 0.2) is 0 Å². The van der Waals surface area contributed by atoms with Gasteiger partial charge in [0.05, 0.1) is 12.1 Å². The van der Waals surface area contributed by atoms with Crippen molar-refractivity contribution in [2.24, 2.45) is 0 Å². The van der Waals surface area contributed by atoms with E-state index in [0.29, 0.717) is 0 Å². The van der Waals surface area contributed by atoms with E-state index in [2.05, 4.69) is 5.32 Å². The Labute approximate surface area is 54.4 Å². The Morgan fingerprint density at radius 3 is 2.78 bits per heavy atom. The average molecular weight is 129 g/mol. The second kappa shape index (κ2) is 2.82. The van der Waals surface area contributed by atoms with Crippen molar-refractivity contribution < 1.29 is 9.53 Å². The molecular weight excluding hydrogens is 118 g/mol. The van der Waals surface area contributed by atoms with Gasteiger partial charge in [-0.15, -0.1) is 0 Å². The van der Waals surface area contributed by atoms with Gasteiger partial charge in [-0.2, -0.15) is 0 Å². The molecule has 1 saturated carbocycles. The number of methoxy groups -OCH3 is 1. The fraction of sp³-hybridized carbons (Fsp3) is 0.833. The lowest BCUT2D eigenvalue weighted by Gasteiger charge is -2.34. The van der Waals surface area contributed by atoms with E-state index >= 15 is 0 Å². The van der Waals surface area contributed by atoms with Crippen molar-refractivity contribution in [3.05, 3.63) is 0 Å². The highest BCUT2D eigenvalue weighted by atomic mass is 16.5. The summed E-state index contributed by atoms with van der Waals surface area (Å²) in [6, 6.07) is 0.271. The predicted molar refractivity (Wildman–Crippen MR) is 33.0 cm³/mol. The first-order valence-corrected chi connectivity index (χ1v) is 3.11. The molecule has 0 saturated heterocycles. The van der Waals surface area contributed by atoms with E-state index in [-0.39, 0.29) is 12.1 Å². The molecule has 0 bridgehead atoms. The summed E-state index contributed by atoms with van der Waals surface area (Å²) >= 11 is 0. The zero-order valence-corrected chi connectivity index (χ0v) is 5.46. The maximum Gasteiger partial charge on any atom is 0.207 e. The first-order chi connectivity index (χ1) is 4.38. The summed E-state index contributed by atoms with van der Waals surface area (Å²) in [5.41, 5.74) is 0. The van der Waals surface area contributed by atoms with Crippen LogP contribution in [0, 0.1) is 0 Å². The van der Waals surface area contributed by atoms with Gasteiger partial charge in [-0.1, -0.05) is 0 Å². The van der Waals surface area contributed by atoms with Crippen molar-refractivity contribution in [1.29, 1.82) is 0 Å². The largest absolute Gasteiger partial charge is 0.379 e. The molecule has 1 aliphatic carbocycles. The third-order valence-corrected chi connectivity index (χ3v) is 1.80. The maximum absolute atomic E-state index is 9.90. The fourth-order valence-electron chi connectivity index (χ4n) is 1.03. The van der Waals surface area contributed by atoms with Gasteiger partial charge < -0.3 is 10.1 Å². The zero-order valence-electron chi connectivity index (χ0n) is 5.46. The van der Waals surface area contributed by atoms with Gasteiger partial charge in [0.1, 0.15) is 0 Å². The summed E-state index contributed by atoms with van der Waals surface area (Å²) in [5.74, 6) is 0. The van der Waals surface area contributed by atoms with Gasteiger partial charge in [0.2, 0.25) is 6.41 Å². The molecule has 52 valence electrons. The SMILES string of the molecule is CO[C@H]1CC[C@@H]1NC=O. The third-order valence-electron chi connectivity index (χ3n) is 1.80. The van der Waals surface area contributed by atoms with E-state index in [9.17, 15) is 4.79 Å². The number of ether oxygens (including phenoxy) is 1. The minimum absolute atomic E-state index is 0.259. The first kappa shape index (κ1) is 6.55. The highest BCUT2D eigenvalue weighted by Crippen LogP contribution is 2.21. The van der Waals surface area contributed by atoms with Crippen molar-refractivity contribution in [1.82, 2.24) is 5.32 Å². The summed E-state index contributed by atoms with van der Waals surface area (Å²) in [7, 11) is 1.67. The van der Waals surface area contributed by atoms with Crippen LogP contribution in [-0.2, 0) is 9.53 Å². The topological polar surface area (TPSA) is 38.3 Å². The van der Waals surface area contributed by atoms with Gasteiger partial charge in [-0.3, -0.25) is 4.79 Å². The highest BCUT2D eigenvalue weighted by molar-refractivity contribution is 5.47. The van der Waals surface area contributed by atoms with Crippen LogP contribution in [-0.4, -0.2) is 25.7 Å². The molecule has 1 aliphatic rings. The quantitative estimate of drug-likeness (QED) is 0.541. The van der Waals surface area contributed by atoms with Crippen molar-refractivity contribution in [2.45, 2.75) is 25.0 Å². The molecule has 0 spiro atoms. The Balaban J connectivity index is 2.18. The maximum atomic E-state index is 9.90. The molecule has 0 aromatic carbocycles. The minimum Gasteiger partial charge on any atom is -0.379 e. The van der Waals surface area contributed by atoms with Crippen molar-refractivity contribution in [3.8, 4) is 0 Å². The normalized spacial score (nSPS) is 33.0. The Morgan fingerprint density at radius 1 is 1.67 bits per heavy atom.